The molecule has 0 aliphatic carbocycles. The van der Waals surface area contributed by atoms with Gasteiger partial charge in [0.2, 0.25) is 3.79 Å². The number of alkyl carbamates (subject to hydrolysis) is 1. The molecule has 0 aromatic rings. The fourth-order valence-corrected chi connectivity index (χ4v) is 1.16. The van der Waals surface area contributed by atoms with E-state index in [0.717, 1.165) is 0 Å². The Morgan fingerprint density at radius 2 is 1.94 bits per heavy atom. The Kier molecular flexibility index (Phi) is 6.97. The van der Waals surface area contributed by atoms with E-state index in [1.165, 1.54) is 0 Å². The van der Waals surface area contributed by atoms with Crippen LogP contribution in [-0.2, 0) is 9.53 Å². The first-order valence-corrected chi connectivity index (χ1v) is 6.03. The molecule has 0 aliphatic heterocycles. The predicted octanol–water partition coefficient (Wildman–Crippen LogP) is 2.58. The van der Waals surface area contributed by atoms with Crippen molar-refractivity contribution in [1.29, 1.82) is 0 Å². The lowest BCUT2D eigenvalue weighted by Crippen LogP contribution is -2.45. The van der Waals surface area contributed by atoms with Gasteiger partial charge in [0.05, 0.1) is 0 Å². The average Bonchev–Trinajstić information content (AvgIpc) is 2.20. The second kappa shape index (κ2) is 7.13. The molecule has 0 saturated carbocycles. The summed E-state index contributed by atoms with van der Waals surface area (Å²) < 4.78 is 2.86. The van der Waals surface area contributed by atoms with Gasteiger partial charge >= 0.3 is 12.1 Å². The normalized spacial score (nSPS) is 14.9. The Labute approximate surface area is 114 Å². The molecule has 0 unspecified atom stereocenters. The third kappa shape index (κ3) is 7.52. The smallest absolute Gasteiger partial charge is 0.408 e. The van der Waals surface area contributed by atoms with E-state index in [2.05, 4.69) is 10.1 Å². The molecule has 8 heteroatoms. The molecular weight excluding hydrogens is 292 g/mol. The summed E-state index contributed by atoms with van der Waals surface area (Å²) in [4.78, 5) is 22.1. The third-order valence-electron chi connectivity index (χ3n) is 2.12. The van der Waals surface area contributed by atoms with Gasteiger partial charge in [-0.1, -0.05) is 55.1 Å². The zero-order valence-electron chi connectivity index (χ0n) is 9.37. The summed E-state index contributed by atoms with van der Waals surface area (Å²) in [5.74, 6) is -1.36. The lowest BCUT2D eigenvalue weighted by Gasteiger charge is -2.20. The van der Waals surface area contributed by atoms with Crippen LogP contribution in [0.2, 0.25) is 0 Å². The number of hydrogen-bond donors (Lipinski definition) is 2. The highest BCUT2D eigenvalue weighted by molar-refractivity contribution is 6.67. The molecular formula is C9H14Cl3NO4. The van der Waals surface area contributed by atoms with Gasteiger partial charge in [0, 0.05) is 0 Å². The summed E-state index contributed by atoms with van der Waals surface area (Å²) in [5, 5.41) is 11.1. The molecule has 0 rings (SSSR count). The highest BCUT2D eigenvalue weighted by atomic mass is 35.6. The van der Waals surface area contributed by atoms with Crippen LogP contribution in [0.3, 0.4) is 0 Å². The number of halogens is 3. The Hall–Kier alpha value is -0.390. The molecule has 0 fully saturated rings. The van der Waals surface area contributed by atoms with Crippen LogP contribution in [0.25, 0.3) is 0 Å². The fourth-order valence-electron chi connectivity index (χ4n) is 0.999. The van der Waals surface area contributed by atoms with Crippen LogP contribution in [-0.4, -0.2) is 33.6 Å². The van der Waals surface area contributed by atoms with Crippen LogP contribution < -0.4 is 5.32 Å². The van der Waals surface area contributed by atoms with Gasteiger partial charge in [-0.2, -0.15) is 0 Å². The molecule has 5 nitrogen and oxygen atoms in total. The van der Waals surface area contributed by atoms with Gasteiger partial charge in [-0.3, -0.25) is 0 Å². The lowest BCUT2D eigenvalue weighted by atomic mass is 10.00. The third-order valence-corrected chi connectivity index (χ3v) is 2.45. The number of carbonyl (C=O) groups is 2. The highest BCUT2D eigenvalue weighted by Crippen LogP contribution is 2.25. The monoisotopic (exact) mass is 305 g/mol. The second-order valence-electron chi connectivity index (χ2n) is 3.54. The first-order valence-electron chi connectivity index (χ1n) is 4.90. The molecule has 2 atom stereocenters. The standard InChI is InChI=1S/C9H14Cl3NO4/c1-3-5(2)6(7(14)15)13-8(16)17-4-9(10,11)12/h5-6H,3-4H2,1-2H3,(H,13,16)(H,14,15)/t5-,6-/m0/s1. The molecule has 0 spiro atoms. The lowest BCUT2D eigenvalue weighted by molar-refractivity contribution is -0.140. The van der Waals surface area contributed by atoms with Crippen LogP contribution in [0.15, 0.2) is 0 Å². The van der Waals surface area contributed by atoms with Crippen LogP contribution in [0, 0.1) is 5.92 Å². The number of carbonyl (C=O) groups excluding carboxylic acids is 1. The largest absolute Gasteiger partial charge is 0.480 e. The molecule has 100 valence electrons. The fraction of sp³-hybridized carbons (Fsp3) is 0.778. The first-order chi connectivity index (χ1) is 7.67. The van der Waals surface area contributed by atoms with Gasteiger partial charge in [-0.15, -0.1) is 0 Å². The summed E-state index contributed by atoms with van der Waals surface area (Å²) in [6.07, 6.45) is -0.328. The predicted molar refractivity (Wildman–Crippen MR) is 65.7 cm³/mol. The van der Waals surface area contributed by atoms with Gasteiger partial charge in [0.25, 0.3) is 0 Å². The van der Waals surface area contributed by atoms with Crippen molar-refractivity contribution < 1.29 is 19.4 Å². The molecule has 0 heterocycles. The molecule has 0 bridgehead atoms. The molecule has 0 aromatic carbocycles. The number of amides is 1. The minimum absolute atomic E-state index is 0.229. The number of carboxylic acids is 1. The topological polar surface area (TPSA) is 75.6 Å². The molecule has 0 aromatic heterocycles. The van der Waals surface area contributed by atoms with E-state index < -0.39 is 28.5 Å². The van der Waals surface area contributed by atoms with Crippen molar-refractivity contribution in [2.75, 3.05) is 6.61 Å². The molecule has 0 saturated heterocycles. The Balaban J connectivity index is 4.28. The number of alkyl halides is 3. The van der Waals surface area contributed by atoms with Crippen LogP contribution >= 0.6 is 34.8 Å². The molecule has 2 N–H and O–H groups in total. The van der Waals surface area contributed by atoms with Crippen molar-refractivity contribution in [1.82, 2.24) is 5.32 Å². The minimum Gasteiger partial charge on any atom is -0.480 e. The van der Waals surface area contributed by atoms with Crippen molar-refractivity contribution in [3.8, 4) is 0 Å². The van der Waals surface area contributed by atoms with Crippen molar-refractivity contribution in [3.63, 3.8) is 0 Å². The van der Waals surface area contributed by atoms with Crippen molar-refractivity contribution in [2.45, 2.75) is 30.1 Å². The molecule has 0 aliphatic rings. The maximum absolute atomic E-state index is 11.3. The van der Waals surface area contributed by atoms with Crippen LogP contribution in [0.5, 0.6) is 0 Å². The zero-order chi connectivity index (χ0) is 13.6. The molecule has 1 amide bonds. The van der Waals surface area contributed by atoms with E-state index in [0.29, 0.717) is 6.42 Å². The summed E-state index contributed by atoms with van der Waals surface area (Å²) >= 11 is 16.1. The van der Waals surface area contributed by atoms with E-state index in [4.69, 9.17) is 39.9 Å². The van der Waals surface area contributed by atoms with Gasteiger partial charge in [-0.05, 0) is 5.92 Å². The maximum Gasteiger partial charge on any atom is 0.408 e. The van der Waals surface area contributed by atoms with Crippen LogP contribution in [0.1, 0.15) is 20.3 Å². The SMILES string of the molecule is CC[C@H](C)[C@H](NC(=O)OCC(Cl)(Cl)Cl)C(=O)O. The van der Waals surface area contributed by atoms with Gasteiger partial charge in [-0.25, -0.2) is 9.59 Å². The van der Waals surface area contributed by atoms with Gasteiger partial charge < -0.3 is 15.2 Å². The van der Waals surface area contributed by atoms with E-state index in [9.17, 15) is 9.59 Å². The van der Waals surface area contributed by atoms with E-state index >= 15 is 0 Å². The maximum atomic E-state index is 11.3. The van der Waals surface area contributed by atoms with E-state index in [1.54, 1.807) is 6.92 Å². The molecule has 0 radical (unpaired) electrons. The number of ether oxygens (including phenoxy) is 1. The highest BCUT2D eigenvalue weighted by Gasteiger charge is 2.27. The summed E-state index contributed by atoms with van der Waals surface area (Å²) in [6.45, 7) is 3.07. The van der Waals surface area contributed by atoms with E-state index in [1.807, 2.05) is 6.92 Å². The average molecular weight is 307 g/mol. The van der Waals surface area contributed by atoms with Gasteiger partial charge in [0.1, 0.15) is 12.6 Å². The quantitative estimate of drug-likeness (QED) is 0.766. The summed E-state index contributed by atoms with van der Waals surface area (Å²) in [5.41, 5.74) is 0. The second-order valence-corrected chi connectivity index (χ2v) is 6.05. The Morgan fingerprint density at radius 3 is 2.29 bits per heavy atom. The Bertz CT molecular complexity index is 280. The summed E-state index contributed by atoms with van der Waals surface area (Å²) in [6, 6.07) is -1.03. The minimum atomic E-state index is -1.72. The summed E-state index contributed by atoms with van der Waals surface area (Å²) in [7, 11) is 0. The van der Waals surface area contributed by atoms with Crippen molar-refractivity contribution in [2.24, 2.45) is 5.92 Å². The van der Waals surface area contributed by atoms with Crippen molar-refractivity contribution >= 4 is 46.9 Å². The first kappa shape index (κ1) is 16.6. The van der Waals surface area contributed by atoms with E-state index in [-0.39, 0.29) is 5.92 Å². The van der Waals surface area contributed by atoms with Gasteiger partial charge in [0.15, 0.2) is 0 Å². The van der Waals surface area contributed by atoms with Crippen LogP contribution in [0.4, 0.5) is 4.79 Å². The Morgan fingerprint density at radius 1 is 1.41 bits per heavy atom. The number of aliphatic carboxylic acids is 1. The number of carboxylic acid groups (broad SMARTS) is 1. The number of rotatable bonds is 5. The molecule has 17 heavy (non-hydrogen) atoms. The number of nitrogens with one attached hydrogen (secondary N) is 1. The number of hydrogen-bond acceptors (Lipinski definition) is 3. The zero-order valence-corrected chi connectivity index (χ0v) is 11.6. The van der Waals surface area contributed by atoms with Crippen molar-refractivity contribution in [3.05, 3.63) is 0 Å².